The van der Waals surface area contributed by atoms with E-state index in [1.807, 2.05) is 37.2 Å². The van der Waals surface area contributed by atoms with Crippen LogP contribution in [0.2, 0.25) is 0 Å². The van der Waals surface area contributed by atoms with Gasteiger partial charge in [0.1, 0.15) is 5.01 Å². The van der Waals surface area contributed by atoms with Gasteiger partial charge in [-0.3, -0.25) is 4.79 Å². The molecule has 3 N–H and O–H groups in total. The number of hydrogen-bond donors (Lipinski definition) is 2. The van der Waals surface area contributed by atoms with E-state index < -0.39 is 0 Å². The molecule has 0 unspecified atom stereocenters. The van der Waals surface area contributed by atoms with Gasteiger partial charge in [-0.25, -0.2) is 5.43 Å². The summed E-state index contributed by atoms with van der Waals surface area (Å²) in [5.74, 6) is -0.267. The van der Waals surface area contributed by atoms with Crippen LogP contribution in [0.4, 0.5) is 10.8 Å². The highest BCUT2D eigenvalue weighted by Gasteiger charge is 2.07. The van der Waals surface area contributed by atoms with E-state index >= 15 is 0 Å². The van der Waals surface area contributed by atoms with Crippen molar-refractivity contribution < 1.29 is 4.79 Å². The minimum absolute atomic E-state index is 0.107. The summed E-state index contributed by atoms with van der Waals surface area (Å²) in [6.07, 6.45) is 1.69. The van der Waals surface area contributed by atoms with Crippen LogP contribution in [0.15, 0.2) is 27.8 Å². The van der Waals surface area contributed by atoms with Crippen molar-refractivity contribution in [2.24, 2.45) is 5.10 Å². The minimum Gasteiger partial charge on any atom is -0.377 e. The Labute approximate surface area is 140 Å². The van der Waals surface area contributed by atoms with Gasteiger partial charge in [-0.2, -0.15) is 5.10 Å². The first kappa shape index (κ1) is 16.4. The van der Waals surface area contributed by atoms with Crippen molar-refractivity contribution in [2.45, 2.75) is 6.42 Å². The maximum absolute atomic E-state index is 11.7. The number of halogens is 1. The van der Waals surface area contributed by atoms with E-state index in [0.717, 1.165) is 15.7 Å². The molecule has 0 atom stereocenters. The highest BCUT2D eigenvalue weighted by atomic mass is 79.9. The van der Waals surface area contributed by atoms with Crippen LogP contribution in [0, 0.1) is 0 Å². The molecule has 0 saturated carbocycles. The molecule has 1 amide bonds. The van der Waals surface area contributed by atoms with Gasteiger partial charge in [0.2, 0.25) is 11.0 Å². The van der Waals surface area contributed by atoms with Gasteiger partial charge in [0.05, 0.1) is 18.3 Å². The third-order valence-electron chi connectivity index (χ3n) is 2.65. The quantitative estimate of drug-likeness (QED) is 0.605. The zero-order valence-corrected chi connectivity index (χ0v) is 14.5. The number of nitrogens with one attached hydrogen (secondary N) is 1. The van der Waals surface area contributed by atoms with Crippen LogP contribution in [-0.4, -0.2) is 36.4 Å². The number of aromatic nitrogens is 2. The summed E-state index contributed by atoms with van der Waals surface area (Å²) in [6, 6.07) is 5.81. The predicted molar refractivity (Wildman–Crippen MR) is 92.2 cm³/mol. The van der Waals surface area contributed by atoms with Crippen LogP contribution < -0.4 is 16.1 Å². The van der Waals surface area contributed by atoms with Gasteiger partial charge in [0.25, 0.3) is 0 Å². The monoisotopic (exact) mass is 382 g/mol. The SMILES string of the molecule is CN(C)c1ccc(/C=N/NC(=O)Cc2nnc(N)s2)cc1Br. The van der Waals surface area contributed by atoms with Crippen LogP contribution in [0.1, 0.15) is 10.6 Å². The topological polar surface area (TPSA) is 96.5 Å². The Kier molecular flexibility index (Phi) is 5.45. The molecule has 0 bridgehead atoms. The van der Waals surface area contributed by atoms with Gasteiger partial charge >= 0.3 is 0 Å². The van der Waals surface area contributed by atoms with Gasteiger partial charge in [0, 0.05) is 18.6 Å². The number of nitrogen functional groups attached to an aromatic ring is 1. The zero-order valence-electron chi connectivity index (χ0n) is 12.1. The van der Waals surface area contributed by atoms with Crippen LogP contribution in [0.25, 0.3) is 0 Å². The molecule has 0 aliphatic heterocycles. The lowest BCUT2D eigenvalue weighted by atomic mass is 10.2. The molecule has 0 fully saturated rings. The van der Waals surface area contributed by atoms with E-state index in [-0.39, 0.29) is 12.3 Å². The summed E-state index contributed by atoms with van der Waals surface area (Å²) < 4.78 is 0.956. The normalized spacial score (nSPS) is 10.9. The molecule has 22 heavy (non-hydrogen) atoms. The van der Waals surface area contributed by atoms with Crippen molar-refractivity contribution in [3.05, 3.63) is 33.2 Å². The first-order valence-corrected chi connectivity index (χ1v) is 7.93. The molecule has 9 heteroatoms. The maximum atomic E-state index is 11.7. The molecule has 1 aromatic heterocycles. The fraction of sp³-hybridized carbons (Fsp3) is 0.231. The third kappa shape index (κ3) is 4.50. The summed E-state index contributed by atoms with van der Waals surface area (Å²) in [6.45, 7) is 0. The minimum atomic E-state index is -0.267. The maximum Gasteiger partial charge on any atom is 0.247 e. The summed E-state index contributed by atoms with van der Waals surface area (Å²) in [7, 11) is 3.93. The lowest BCUT2D eigenvalue weighted by Gasteiger charge is -2.14. The second-order valence-electron chi connectivity index (χ2n) is 4.61. The number of rotatable bonds is 5. The molecule has 2 rings (SSSR count). The molecule has 0 radical (unpaired) electrons. The van der Waals surface area contributed by atoms with Crippen LogP contribution in [0.3, 0.4) is 0 Å². The van der Waals surface area contributed by atoms with Gasteiger partial charge in [-0.15, -0.1) is 10.2 Å². The van der Waals surface area contributed by atoms with Crippen LogP contribution in [0.5, 0.6) is 0 Å². The Hall–Kier alpha value is -2.00. The number of nitrogens with zero attached hydrogens (tertiary/aromatic N) is 4. The number of carbonyl (C=O) groups excluding carboxylic acids is 1. The Morgan fingerprint density at radius 2 is 2.27 bits per heavy atom. The standard InChI is InChI=1S/C13H15BrN6OS/c1-20(2)10-4-3-8(5-9(10)14)7-16-17-11(21)6-12-18-19-13(15)22-12/h3-5,7H,6H2,1-2H3,(H2,15,19)(H,17,21)/b16-7+. The molecule has 1 aromatic carbocycles. The molecule has 1 heterocycles. The highest BCUT2D eigenvalue weighted by Crippen LogP contribution is 2.25. The largest absolute Gasteiger partial charge is 0.377 e. The number of carbonyl (C=O) groups is 1. The smallest absolute Gasteiger partial charge is 0.247 e. The van der Waals surface area contributed by atoms with Gasteiger partial charge in [-0.1, -0.05) is 17.4 Å². The fourth-order valence-electron chi connectivity index (χ4n) is 1.66. The number of hydrogen-bond acceptors (Lipinski definition) is 7. The van der Waals surface area contributed by atoms with E-state index in [1.54, 1.807) is 6.21 Å². The second-order valence-corrected chi connectivity index (χ2v) is 6.56. The lowest BCUT2D eigenvalue weighted by Crippen LogP contribution is -2.19. The molecule has 116 valence electrons. The number of amides is 1. The number of anilines is 2. The molecule has 0 spiro atoms. The van der Waals surface area contributed by atoms with E-state index in [4.69, 9.17) is 5.73 Å². The predicted octanol–water partition coefficient (Wildman–Crippen LogP) is 1.64. The van der Waals surface area contributed by atoms with Gasteiger partial charge in [0.15, 0.2) is 0 Å². The average Bonchev–Trinajstić information content (AvgIpc) is 2.83. The molecule has 7 nitrogen and oxygen atoms in total. The molecular weight excluding hydrogens is 368 g/mol. The average molecular weight is 383 g/mol. The lowest BCUT2D eigenvalue weighted by molar-refractivity contribution is -0.120. The van der Waals surface area contributed by atoms with E-state index in [9.17, 15) is 4.79 Å². The fourth-order valence-corrected chi connectivity index (χ4v) is 3.02. The molecule has 0 aliphatic rings. The first-order chi connectivity index (χ1) is 10.5. The van der Waals surface area contributed by atoms with E-state index in [1.165, 1.54) is 11.3 Å². The molecular formula is C13H15BrN6OS. The summed E-state index contributed by atoms with van der Waals surface area (Å²) >= 11 is 4.68. The zero-order chi connectivity index (χ0) is 16.1. The second kappa shape index (κ2) is 7.32. The number of benzene rings is 1. The van der Waals surface area contributed by atoms with Crippen molar-refractivity contribution >= 4 is 50.2 Å². The van der Waals surface area contributed by atoms with Crippen molar-refractivity contribution in [3.8, 4) is 0 Å². The Bertz CT molecular complexity index is 700. The van der Waals surface area contributed by atoms with Crippen molar-refractivity contribution in [2.75, 3.05) is 24.7 Å². The Morgan fingerprint density at radius 3 is 2.86 bits per heavy atom. The van der Waals surface area contributed by atoms with Crippen LogP contribution >= 0.6 is 27.3 Å². The Morgan fingerprint density at radius 1 is 1.50 bits per heavy atom. The summed E-state index contributed by atoms with van der Waals surface area (Å²) in [5.41, 5.74) is 9.84. The first-order valence-electron chi connectivity index (χ1n) is 6.32. The van der Waals surface area contributed by atoms with Crippen LogP contribution in [-0.2, 0) is 11.2 Å². The van der Waals surface area contributed by atoms with Crippen molar-refractivity contribution in [1.82, 2.24) is 15.6 Å². The number of hydrazone groups is 1. The third-order valence-corrected chi connectivity index (χ3v) is 4.04. The summed E-state index contributed by atoms with van der Waals surface area (Å²) in [5, 5.41) is 12.3. The molecule has 0 saturated heterocycles. The van der Waals surface area contributed by atoms with E-state index in [2.05, 4.69) is 36.7 Å². The van der Waals surface area contributed by atoms with Gasteiger partial charge in [-0.05, 0) is 33.6 Å². The molecule has 2 aromatic rings. The van der Waals surface area contributed by atoms with E-state index in [0.29, 0.717) is 10.1 Å². The Balaban J connectivity index is 1.92. The highest BCUT2D eigenvalue weighted by molar-refractivity contribution is 9.10. The number of nitrogens with two attached hydrogens (primary N) is 1. The molecule has 0 aliphatic carbocycles. The summed E-state index contributed by atoms with van der Waals surface area (Å²) in [4.78, 5) is 13.7. The van der Waals surface area contributed by atoms with Crippen molar-refractivity contribution in [3.63, 3.8) is 0 Å². The van der Waals surface area contributed by atoms with Crippen molar-refractivity contribution in [1.29, 1.82) is 0 Å². The van der Waals surface area contributed by atoms with Gasteiger partial charge < -0.3 is 10.6 Å².